The van der Waals surface area contributed by atoms with Gasteiger partial charge in [0.05, 0.1) is 4.90 Å². The van der Waals surface area contributed by atoms with E-state index in [2.05, 4.69) is 15.0 Å². The molecule has 0 saturated carbocycles. The van der Waals surface area contributed by atoms with Gasteiger partial charge in [-0.1, -0.05) is 12.1 Å². The summed E-state index contributed by atoms with van der Waals surface area (Å²) in [5.41, 5.74) is 0.547. The van der Waals surface area contributed by atoms with E-state index in [4.69, 9.17) is 5.14 Å². The Kier molecular flexibility index (Phi) is 4.94. The lowest BCUT2D eigenvalue weighted by Crippen LogP contribution is -2.33. The minimum Gasteiger partial charge on any atom is -0.352 e. The number of nitrogens with zero attached hydrogens (tertiary/aromatic N) is 4. The van der Waals surface area contributed by atoms with Gasteiger partial charge in [0.1, 0.15) is 5.82 Å². The van der Waals surface area contributed by atoms with Gasteiger partial charge in [-0.15, -0.1) is 0 Å². The van der Waals surface area contributed by atoms with E-state index in [9.17, 15) is 21.6 Å². The molecule has 0 radical (unpaired) electrons. The van der Waals surface area contributed by atoms with Crippen molar-refractivity contribution in [2.24, 2.45) is 5.14 Å². The molecule has 0 fully saturated rings. The quantitative estimate of drug-likeness (QED) is 0.679. The van der Waals surface area contributed by atoms with Crippen molar-refractivity contribution in [1.82, 2.24) is 15.0 Å². The maximum atomic E-state index is 13.4. The van der Waals surface area contributed by atoms with Gasteiger partial charge < -0.3 is 4.90 Å². The zero-order chi connectivity index (χ0) is 21.5. The molecule has 0 unspecified atom stereocenters. The molecule has 3 heterocycles. The van der Waals surface area contributed by atoms with Gasteiger partial charge >= 0.3 is 6.18 Å². The Hall–Kier alpha value is -3.05. The largest absolute Gasteiger partial charge is 0.433 e. The number of pyridine rings is 1. The topological polar surface area (TPSA) is 102 Å². The summed E-state index contributed by atoms with van der Waals surface area (Å²) in [6, 6.07) is 8.78. The van der Waals surface area contributed by atoms with Crippen LogP contribution in [0.3, 0.4) is 0 Å². The second-order valence-corrected chi connectivity index (χ2v) is 8.31. The van der Waals surface area contributed by atoms with E-state index < -0.39 is 21.9 Å². The summed E-state index contributed by atoms with van der Waals surface area (Å²) in [5.74, 6) is 0.0137. The van der Waals surface area contributed by atoms with Gasteiger partial charge in [-0.25, -0.2) is 23.5 Å². The summed E-state index contributed by atoms with van der Waals surface area (Å²) in [6.07, 6.45) is -1.45. The van der Waals surface area contributed by atoms with E-state index in [1.54, 1.807) is 29.2 Å². The third kappa shape index (κ3) is 3.98. The zero-order valence-corrected chi connectivity index (χ0v) is 16.3. The Bertz CT molecular complexity index is 1200. The second-order valence-electron chi connectivity index (χ2n) is 6.78. The Morgan fingerprint density at radius 3 is 2.57 bits per heavy atom. The average molecular weight is 435 g/mol. The molecular formula is C19H16F3N5O2S. The Labute approximate surface area is 170 Å². The van der Waals surface area contributed by atoms with Crippen molar-refractivity contribution in [3.05, 3.63) is 65.6 Å². The number of primary sulfonamides is 1. The molecule has 0 atom stereocenters. The van der Waals surface area contributed by atoms with E-state index >= 15 is 0 Å². The Morgan fingerprint density at radius 1 is 1.10 bits per heavy atom. The molecule has 2 aromatic heterocycles. The molecule has 3 aromatic rings. The molecule has 1 aliphatic heterocycles. The van der Waals surface area contributed by atoms with Gasteiger partial charge in [-0.3, -0.25) is 4.98 Å². The summed E-state index contributed by atoms with van der Waals surface area (Å²) in [6.45, 7) is 0.472. The van der Waals surface area contributed by atoms with E-state index in [-0.39, 0.29) is 29.6 Å². The van der Waals surface area contributed by atoms with E-state index in [1.807, 2.05) is 0 Å². The lowest BCUT2D eigenvalue weighted by atomic mass is 9.99. The molecule has 11 heteroatoms. The molecule has 0 spiro atoms. The number of rotatable bonds is 3. The summed E-state index contributed by atoms with van der Waals surface area (Å²) in [4.78, 5) is 13.6. The zero-order valence-electron chi connectivity index (χ0n) is 15.5. The number of halogens is 3. The van der Waals surface area contributed by atoms with Crippen LogP contribution in [-0.2, 0) is 29.2 Å². The first-order valence-electron chi connectivity index (χ1n) is 8.88. The lowest BCUT2D eigenvalue weighted by molar-refractivity contribution is -0.141. The van der Waals surface area contributed by atoms with Crippen molar-refractivity contribution in [1.29, 1.82) is 0 Å². The predicted molar refractivity (Wildman–Crippen MR) is 103 cm³/mol. The van der Waals surface area contributed by atoms with Crippen LogP contribution >= 0.6 is 0 Å². The number of fused-ring (bicyclic) bond motifs is 1. The number of alkyl halides is 3. The molecule has 1 aliphatic rings. The van der Waals surface area contributed by atoms with Gasteiger partial charge in [0.15, 0.2) is 11.5 Å². The highest BCUT2D eigenvalue weighted by molar-refractivity contribution is 7.89. The van der Waals surface area contributed by atoms with Gasteiger partial charge in [0.25, 0.3) is 0 Å². The van der Waals surface area contributed by atoms with Gasteiger partial charge in [-0.05, 0) is 35.7 Å². The van der Waals surface area contributed by atoms with Crippen molar-refractivity contribution in [2.75, 3.05) is 11.4 Å². The molecule has 0 aliphatic carbocycles. The fourth-order valence-corrected chi connectivity index (χ4v) is 4.25. The van der Waals surface area contributed by atoms with Crippen molar-refractivity contribution < 1.29 is 21.6 Å². The van der Waals surface area contributed by atoms with Crippen LogP contribution < -0.4 is 10.0 Å². The third-order valence-electron chi connectivity index (χ3n) is 4.78. The van der Waals surface area contributed by atoms with Crippen LogP contribution in [0.2, 0.25) is 0 Å². The first kappa shape index (κ1) is 20.2. The van der Waals surface area contributed by atoms with Gasteiger partial charge in [0.2, 0.25) is 10.0 Å². The van der Waals surface area contributed by atoms with Crippen LogP contribution in [0, 0.1) is 0 Å². The smallest absolute Gasteiger partial charge is 0.352 e. The first-order chi connectivity index (χ1) is 14.1. The molecule has 4 rings (SSSR count). The average Bonchev–Trinajstić information content (AvgIpc) is 2.72. The van der Waals surface area contributed by atoms with E-state index in [0.29, 0.717) is 23.1 Å². The molecule has 0 bridgehead atoms. The van der Waals surface area contributed by atoms with Crippen LogP contribution in [0.4, 0.5) is 19.0 Å². The Balaban J connectivity index is 1.77. The molecular weight excluding hydrogens is 419 g/mol. The van der Waals surface area contributed by atoms with E-state index in [0.717, 1.165) is 6.07 Å². The summed E-state index contributed by atoms with van der Waals surface area (Å²) in [7, 11) is -3.90. The number of hydrogen-bond acceptors (Lipinski definition) is 6. The van der Waals surface area contributed by atoms with Crippen LogP contribution in [0.25, 0.3) is 11.4 Å². The number of benzene rings is 1. The van der Waals surface area contributed by atoms with Crippen LogP contribution in [0.15, 0.2) is 53.7 Å². The van der Waals surface area contributed by atoms with Gasteiger partial charge in [0, 0.05) is 37.1 Å². The van der Waals surface area contributed by atoms with Crippen LogP contribution in [-0.4, -0.2) is 29.9 Å². The SMILES string of the molecule is NS(=O)(=O)c1cccc2c1CCN(c1cc(C(F)(F)F)nc(-c3cccnc3)n1)C2. The number of sulfonamides is 1. The number of nitrogens with two attached hydrogens (primary N) is 1. The van der Waals surface area contributed by atoms with Crippen molar-refractivity contribution in [2.45, 2.75) is 24.0 Å². The second kappa shape index (κ2) is 7.33. The summed E-state index contributed by atoms with van der Waals surface area (Å²) in [5, 5.41) is 5.29. The van der Waals surface area contributed by atoms with Crippen LogP contribution in [0.5, 0.6) is 0 Å². The number of hydrogen-bond donors (Lipinski definition) is 1. The van der Waals surface area contributed by atoms with Gasteiger partial charge in [-0.2, -0.15) is 13.2 Å². The molecule has 2 N–H and O–H groups in total. The highest BCUT2D eigenvalue weighted by Gasteiger charge is 2.35. The molecule has 156 valence electrons. The number of anilines is 1. The predicted octanol–water partition coefficient (Wildman–Crippen LogP) is 2.77. The highest BCUT2D eigenvalue weighted by Crippen LogP contribution is 2.33. The van der Waals surface area contributed by atoms with Crippen molar-refractivity contribution in [3.8, 4) is 11.4 Å². The lowest BCUT2D eigenvalue weighted by Gasteiger charge is -2.31. The molecule has 7 nitrogen and oxygen atoms in total. The molecule has 30 heavy (non-hydrogen) atoms. The normalized spacial score (nSPS) is 14.5. The number of aromatic nitrogens is 3. The van der Waals surface area contributed by atoms with Crippen LogP contribution in [0.1, 0.15) is 16.8 Å². The monoisotopic (exact) mass is 435 g/mol. The maximum Gasteiger partial charge on any atom is 0.433 e. The van der Waals surface area contributed by atoms with Crippen molar-refractivity contribution >= 4 is 15.8 Å². The maximum absolute atomic E-state index is 13.4. The summed E-state index contributed by atoms with van der Waals surface area (Å²) >= 11 is 0. The van der Waals surface area contributed by atoms with E-state index in [1.165, 1.54) is 18.5 Å². The molecule has 1 aromatic carbocycles. The van der Waals surface area contributed by atoms with Crippen molar-refractivity contribution in [3.63, 3.8) is 0 Å². The fraction of sp³-hybridized carbons (Fsp3) is 0.211. The standard InChI is InChI=1S/C19H16F3N5O2S/c20-19(21,22)16-9-17(26-18(25-16)12-4-2-7-24-10-12)27-8-6-14-13(11-27)3-1-5-15(14)30(23,28)29/h1-5,7,9-10H,6,8,11H2,(H2,23,28,29). The molecule has 0 amide bonds. The summed E-state index contributed by atoms with van der Waals surface area (Å²) < 4.78 is 64.0. The highest BCUT2D eigenvalue weighted by atomic mass is 32.2. The third-order valence-corrected chi connectivity index (χ3v) is 5.77. The minimum absolute atomic E-state index is 0.0365. The Morgan fingerprint density at radius 2 is 1.90 bits per heavy atom. The fourth-order valence-electron chi connectivity index (χ4n) is 3.40. The molecule has 0 saturated heterocycles. The first-order valence-corrected chi connectivity index (χ1v) is 10.4. The minimum atomic E-state index is -4.65.